The largest absolute Gasteiger partial charge is 0.468 e. The number of fused-ring (bicyclic) bond motifs is 1. The predicted molar refractivity (Wildman–Crippen MR) is 116 cm³/mol. The Morgan fingerprint density at radius 2 is 2.00 bits per heavy atom. The quantitative estimate of drug-likeness (QED) is 0.594. The van der Waals surface area contributed by atoms with Crippen LogP contribution in [0.5, 0.6) is 0 Å². The van der Waals surface area contributed by atoms with Crippen LogP contribution in [0.25, 0.3) is 10.9 Å². The molecular formula is C24H25F2N3O3. The second-order valence-corrected chi connectivity index (χ2v) is 8.21. The molecule has 2 atom stereocenters. The molecule has 1 saturated heterocycles. The van der Waals surface area contributed by atoms with E-state index in [2.05, 4.69) is 10.3 Å². The fraction of sp³-hybridized carbons (Fsp3) is 0.333. The van der Waals surface area contributed by atoms with Crippen molar-refractivity contribution in [1.29, 1.82) is 0 Å². The molecule has 3 aromatic rings. The summed E-state index contributed by atoms with van der Waals surface area (Å²) in [6.07, 6.45) is 0.314. The molecule has 8 heteroatoms. The zero-order valence-electron chi connectivity index (χ0n) is 18.2. The second kappa shape index (κ2) is 8.70. The maximum atomic E-state index is 14.2. The van der Waals surface area contributed by atoms with Gasteiger partial charge in [-0.25, -0.2) is 8.78 Å². The maximum Gasteiger partial charge on any atom is 0.323 e. The highest BCUT2D eigenvalue weighted by atomic mass is 19.1. The third-order valence-corrected chi connectivity index (χ3v) is 6.18. The second-order valence-electron chi connectivity index (χ2n) is 8.21. The molecule has 32 heavy (non-hydrogen) atoms. The van der Waals surface area contributed by atoms with E-state index in [0.717, 1.165) is 40.4 Å². The van der Waals surface area contributed by atoms with Gasteiger partial charge in [-0.15, -0.1) is 0 Å². The summed E-state index contributed by atoms with van der Waals surface area (Å²) in [7, 11) is 1.28. The van der Waals surface area contributed by atoms with Gasteiger partial charge in [-0.2, -0.15) is 0 Å². The van der Waals surface area contributed by atoms with Gasteiger partial charge in [0.1, 0.15) is 17.7 Å². The zero-order valence-corrected chi connectivity index (χ0v) is 18.2. The van der Waals surface area contributed by atoms with Crippen LogP contribution in [-0.2, 0) is 16.1 Å². The van der Waals surface area contributed by atoms with E-state index in [1.807, 2.05) is 26.0 Å². The van der Waals surface area contributed by atoms with Crippen molar-refractivity contribution in [2.45, 2.75) is 38.9 Å². The summed E-state index contributed by atoms with van der Waals surface area (Å²) in [6.45, 7) is 4.29. The molecule has 0 radical (unpaired) electrons. The van der Waals surface area contributed by atoms with Crippen molar-refractivity contribution >= 4 is 22.8 Å². The average Bonchev–Trinajstić information content (AvgIpc) is 3.30. The van der Waals surface area contributed by atoms with Gasteiger partial charge in [0.2, 0.25) is 0 Å². The molecule has 6 nitrogen and oxygen atoms in total. The van der Waals surface area contributed by atoms with Crippen molar-refractivity contribution in [2.24, 2.45) is 0 Å². The number of aromatic amines is 1. The van der Waals surface area contributed by atoms with Crippen molar-refractivity contribution in [1.82, 2.24) is 15.2 Å². The average molecular weight is 441 g/mol. The van der Waals surface area contributed by atoms with Gasteiger partial charge < -0.3 is 15.0 Å². The third kappa shape index (κ3) is 4.10. The molecule has 2 heterocycles. The summed E-state index contributed by atoms with van der Waals surface area (Å²) in [5.74, 6) is -1.84. The molecule has 1 aliphatic rings. The number of methoxy groups -OCH3 is 1. The number of esters is 1. The highest BCUT2D eigenvalue weighted by Crippen LogP contribution is 2.26. The number of rotatable bonds is 5. The number of H-pyrrole nitrogens is 1. The number of likely N-dealkylation sites (tertiary alicyclic amines) is 1. The van der Waals surface area contributed by atoms with Gasteiger partial charge in [0.25, 0.3) is 5.91 Å². The minimum absolute atomic E-state index is 0.0281. The molecule has 168 valence electrons. The van der Waals surface area contributed by atoms with Crippen LogP contribution < -0.4 is 5.32 Å². The summed E-state index contributed by atoms with van der Waals surface area (Å²) < 4.78 is 32.7. The lowest BCUT2D eigenvalue weighted by atomic mass is 10.1. The van der Waals surface area contributed by atoms with E-state index in [9.17, 15) is 18.4 Å². The molecular weight excluding hydrogens is 416 g/mol. The Morgan fingerprint density at radius 3 is 2.75 bits per heavy atom. The fourth-order valence-corrected chi connectivity index (χ4v) is 4.38. The predicted octanol–water partition coefficient (Wildman–Crippen LogP) is 3.61. The molecule has 2 N–H and O–H groups in total. The molecule has 0 aliphatic carbocycles. The van der Waals surface area contributed by atoms with E-state index >= 15 is 0 Å². The van der Waals surface area contributed by atoms with Crippen LogP contribution in [0.2, 0.25) is 0 Å². The lowest BCUT2D eigenvalue weighted by molar-refractivity contribution is -0.146. The Labute approximate surface area is 184 Å². The Hall–Kier alpha value is -3.26. The number of hydrogen-bond acceptors (Lipinski definition) is 4. The van der Waals surface area contributed by atoms with Crippen molar-refractivity contribution < 1.29 is 23.1 Å². The van der Waals surface area contributed by atoms with E-state index in [0.29, 0.717) is 18.5 Å². The van der Waals surface area contributed by atoms with Crippen LogP contribution in [0.15, 0.2) is 36.4 Å². The number of benzene rings is 2. The van der Waals surface area contributed by atoms with Crippen molar-refractivity contribution in [3.05, 3.63) is 70.4 Å². The minimum Gasteiger partial charge on any atom is -0.468 e. The van der Waals surface area contributed by atoms with Gasteiger partial charge in [-0.05, 0) is 50.1 Å². The smallest absolute Gasteiger partial charge is 0.323 e. The molecule has 4 rings (SSSR count). The Balaban J connectivity index is 1.54. The van der Waals surface area contributed by atoms with E-state index < -0.39 is 23.6 Å². The fourth-order valence-electron chi connectivity index (χ4n) is 4.38. The standard InChI is InChI=1S/C24H25F2N3O3/c1-13-14(2)27-22-18(13)5-4-6-19(22)23(30)28-17-10-21(24(31)32-3)29(12-17)11-15-9-16(25)7-8-20(15)26/h4-9,17,21,27H,10-12H2,1-3H3,(H,28,30)/t17-,21-/m0/s1. The number of aryl methyl sites for hydroxylation is 2. The van der Waals surface area contributed by atoms with Crippen LogP contribution in [0.4, 0.5) is 8.78 Å². The van der Waals surface area contributed by atoms with Gasteiger partial charge in [-0.3, -0.25) is 14.5 Å². The molecule has 0 unspecified atom stereocenters. The van der Waals surface area contributed by atoms with Crippen LogP contribution in [0.1, 0.15) is 33.6 Å². The summed E-state index contributed by atoms with van der Waals surface area (Å²) in [6, 6.07) is 7.76. The minimum atomic E-state index is -0.668. The van der Waals surface area contributed by atoms with Crippen molar-refractivity contribution in [2.75, 3.05) is 13.7 Å². The molecule has 0 saturated carbocycles. The van der Waals surface area contributed by atoms with Crippen LogP contribution in [0.3, 0.4) is 0 Å². The van der Waals surface area contributed by atoms with Crippen molar-refractivity contribution in [3.63, 3.8) is 0 Å². The Bertz CT molecular complexity index is 1190. The number of halogens is 2. The van der Waals surface area contributed by atoms with Gasteiger partial charge in [0, 0.05) is 35.8 Å². The van der Waals surface area contributed by atoms with Crippen molar-refractivity contribution in [3.8, 4) is 0 Å². The molecule has 1 aromatic heterocycles. The first kappa shape index (κ1) is 22.0. The van der Waals surface area contributed by atoms with Gasteiger partial charge in [0.05, 0.1) is 18.2 Å². The Morgan fingerprint density at radius 1 is 1.22 bits per heavy atom. The number of carbonyl (C=O) groups is 2. The number of amides is 1. The SMILES string of the molecule is COC(=O)[C@@H]1C[C@H](NC(=O)c2cccc3c(C)c(C)[nH]c23)CN1Cc1cc(F)ccc1F. The number of carbonyl (C=O) groups excluding carboxylic acids is 2. The molecule has 2 aromatic carbocycles. The zero-order chi connectivity index (χ0) is 23.0. The molecule has 0 bridgehead atoms. The van der Waals surface area contributed by atoms with E-state index in [-0.39, 0.29) is 24.1 Å². The summed E-state index contributed by atoms with van der Waals surface area (Å²) in [5, 5.41) is 3.97. The van der Waals surface area contributed by atoms with E-state index in [1.54, 1.807) is 11.0 Å². The molecule has 1 aliphatic heterocycles. The van der Waals surface area contributed by atoms with Crippen LogP contribution >= 0.6 is 0 Å². The van der Waals surface area contributed by atoms with Crippen LogP contribution in [-0.4, -0.2) is 47.5 Å². The monoisotopic (exact) mass is 441 g/mol. The number of hydrogen-bond donors (Lipinski definition) is 2. The first-order valence-corrected chi connectivity index (χ1v) is 10.4. The van der Waals surface area contributed by atoms with E-state index in [4.69, 9.17) is 4.74 Å². The number of ether oxygens (including phenoxy) is 1. The number of para-hydroxylation sites is 1. The number of aromatic nitrogens is 1. The normalized spacial score (nSPS) is 18.8. The molecule has 1 fully saturated rings. The highest BCUT2D eigenvalue weighted by Gasteiger charge is 2.38. The number of nitrogens with zero attached hydrogens (tertiary/aromatic N) is 1. The van der Waals surface area contributed by atoms with Gasteiger partial charge in [-0.1, -0.05) is 12.1 Å². The highest BCUT2D eigenvalue weighted by molar-refractivity contribution is 6.06. The Kier molecular flexibility index (Phi) is 5.97. The first-order valence-electron chi connectivity index (χ1n) is 10.4. The third-order valence-electron chi connectivity index (χ3n) is 6.18. The molecule has 1 amide bonds. The molecule has 0 spiro atoms. The van der Waals surface area contributed by atoms with E-state index in [1.165, 1.54) is 7.11 Å². The lowest BCUT2D eigenvalue weighted by Gasteiger charge is -2.22. The van der Waals surface area contributed by atoms with Crippen LogP contribution in [0, 0.1) is 25.5 Å². The first-order chi connectivity index (χ1) is 15.3. The summed E-state index contributed by atoms with van der Waals surface area (Å²) in [5.41, 5.74) is 3.51. The van der Waals surface area contributed by atoms with Gasteiger partial charge in [0.15, 0.2) is 0 Å². The lowest BCUT2D eigenvalue weighted by Crippen LogP contribution is -2.38. The topological polar surface area (TPSA) is 74.4 Å². The maximum absolute atomic E-state index is 14.2. The summed E-state index contributed by atoms with van der Waals surface area (Å²) >= 11 is 0. The summed E-state index contributed by atoms with van der Waals surface area (Å²) in [4.78, 5) is 30.4. The van der Waals surface area contributed by atoms with Gasteiger partial charge >= 0.3 is 5.97 Å². The number of nitrogens with one attached hydrogen (secondary N) is 2.